The molecule has 0 bridgehead atoms. The zero-order valence-electron chi connectivity index (χ0n) is 12.0. The molecule has 1 aliphatic rings. The van der Waals surface area contributed by atoms with Gasteiger partial charge < -0.3 is 4.90 Å². The van der Waals surface area contributed by atoms with Gasteiger partial charge in [0.15, 0.2) is 6.29 Å². The fourth-order valence-electron chi connectivity index (χ4n) is 3.27. The second kappa shape index (κ2) is 5.23. The molecule has 2 atom stereocenters. The molecule has 3 rings (SSSR count). The standard InChI is InChI=1S/C17H20N2O/c1-3-15-9-8-12(2)19(15)17-14(11-20)10-13-6-4-5-7-16(13)18-17/h4-7,10-12,15H,3,8-9H2,1-2H3. The first-order chi connectivity index (χ1) is 9.74. The van der Waals surface area contributed by atoms with Crippen LogP contribution in [0.1, 0.15) is 43.5 Å². The molecule has 0 saturated carbocycles. The number of anilines is 1. The van der Waals surface area contributed by atoms with Crippen LogP contribution < -0.4 is 4.90 Å². The lowest BCUT2D eigenvalue weighted by atomic mass is 10.1. The minimum atomic E-state index is 0.451. The summed E-state index contributed by atoms with van der Waals surface area (Å²) in [6.07, 6.45) is 4.39. The number of para-hydroxylation sites is 1. The summed E-state index contributed by atoms with van der Waals surface area (Å²) in [6.45, 7) is 4.43. The second-order valence-corrected chi connectivity index (χ2v) is 5.61. The first-order valence-electron chi connectivity index (χ1n) is 7.38. The average molecular weight is 268 g/mol. The van der Waals surface area contributed by atoms with E-state index in [-0.39, 0.29) is 0 Å². The van der Waals surface area contributed by atoms with Gasteiger partial charge in [-0.1, -0.05) is 25.1 Å². The minimum Gasteiger partial charge on any atom is -0.350 e. The van der Waals surface area contributed by atoms with E-state index >= 15 is 0 Å². The Bertz CT molecular complexity index is 638. The third-order valence-corrected chi connectivity index (χ3v) is 4.36. The first-order valence-corrected chi connectivity index (χ1v) is 7.38. The van der Waals surface area contributed by atoms with Gasteiger partial charge in [-0.05, 0) is 38.3 Å². The van der Waals surface area contributed by atoms with Crippen molar-refractivity contribution in [3.8, 4) is 0 Å². The molecule has 1 fully saturated rings. The molecule has 104 valence electrons. The number of carbonyl (C=O) groups excluding carboxylic acids is 1. The van der Waals surface area contributed by atoms with Crippen molar-refractivity contribution in [1.82, 2.24) is 4.98 Å². The maximum absolute atomic E-state index is 11.5. The van der Waals surface area contributed by atoms with Crippen molar-refractivity contribution < 1.29 is 4.79 Å². The molecule has 3 nitrogen and oxygen atoms in total. The Balaban J connectivity index is 2.16. The normalized spacial score (nSPS) is 22.4. The van der Waals surface area contributed by atoms with Gasteiger partial charge in [-0.2, -0.15) is 0 Å². The van der Waals surface area contributed by atoms with Crippen molar-refractivity contribution in [2.24, 2.45) is 0 Å². The highest BCUT2D eigenvalue weighted by molar-refractivity contribution is 5.92. The van der Waals surface area contributed by atoms with Crippen molar-refractivity contribution in [2.75, 3.05) is 4.90 Å². The molecule has 0 N–H and O–H groups in total. The van der Waals surface area contributed by atoms with Crippen LogP contribution in [0.3, 0.4) is 0 Å². The van der Waals surface area contributed by atoms with E-state index in [1.165, 1.54) is 12.8 Å². The van der Waals surface area contributed by atoms with Crippen molar-refractivity contribution in [1.29, 1.82) is 0 Å². The van der Waals surface area contributed by atoms with Crippen LogP contribution in [0, 0.1) is 0 Å². The highest BCUT2D eigenvalue weighted by Gasteiger charge is 2.31. The van der Waals surface area contributed by atoms with Crippen LogP contribution in [-0.2, 0) is 0 Å². The van der Waals surface area contributed by atoms with E-state index in [1.54, 1.807) is 0 Å². The Kier molecular flexibility index (Phi) is 3.43. The van der Waals surface area contributed by atoms with Crippen molar-refractivity contribution in [3.05, 3.63) is 35.9 Å². The number of fused-ring (bicyclic) bond motifs is 1. The van der Waals surface area contributed by atoms with Crippen LogP contribution in [0.5, 0.6) is 0 Å². The van der Waals surface area contributed by atoms with Crippen molar-refractivity contribution >= 4 is 23.0 Å². The van der Waals surface area contributed by atoms with Crippen LogP contribution in [-0.4, -0.2) is 23.4 Å². The highest BCUT2D eigenvalue weighted by Crippen LogP contribution is 2.33. The molecule has 2 unspecified atom stereocenters. The maximum atomic E-state index is 11.5. The molecule has 0 amide bonds. The molecular weight excluding hydrogens is 248 g/mol. The summed E-state index contributed by atoms with van der Waals surface area (Å²) in [6, 6.07) is 10.9. The van der Waals surface area contributed by atoms with E-state index in [1.807, 2.05) is 30.3 Å². The molecule has 2 aromatic rings. The van der Waals surface area contributed by atoms with E-state index in [2.05, 4.69) is 18.7 Å². The van der Waals surface area contributed by atoms with Gasteiger partial charge in [0, 0.05) is 17.5 Å². The highest BCUT2D eigenvalue weighted by atomic mass is 16.1. The largest absolute Gasteiger partial charge is 0.350 e. The Morgan fingerprint density at radius 1 is 1.35 bits per heavy atom. The lowest BCUT2D eigenvalue weighted by molar-refractivity contribution is 0.112. The summed E-state index contributed by atoms with van der Waals surface area (Å²) in [4.78, 5) is 18.6. The Labute approximate surface area is 119 Å². The van der Waals surface area contributed by atoms with Gasteiger partial charge in [-0.25, -0.2) is 4.98 Å². The zero-order chi connectivity index (χ0) is 14.1. The number of hydrogen-bond acceptors (Lipinski definition) is 3. The van der Waals surface area contributed by atoms with E-state index < -0.39 is 0 Å². The Morgan fingerprint density at radius 3 is 2.90 bits per heavy atom. The average Bonchev–Trinajstić information content (AvgIpc) is 2.86. The van der Waals surface area contributed by atoms with Crippen LogP contribution in [0.4, 0.5) is 5.82 Å². The molecule has 1 aliphatic heterocycles. The van der Waals surface area contributed by atoms with Gasteiger partial charge >= 0.3 is 0 Å². The molecule has 20 heavy (non-hydrogen) atoms. The third kappa shape index (κ3) is 2.07. The third-order valence-electron chi connectivity index (χ3n) is 4.36. The van der Waals surface area contributed by atoms with E-state index in [4.69, 9.17) is 4.98 Å². The molecular formula is C17H20N2O. The fraction of sp³-hybridized carbons (Fsp3) is 0.412. The topological polar surface area (TPSA) is 33.2 Å². The number of nitrogens with zero attached hydrogens (tertiary/aromatic N) is 2. The first kappa shape index (κ1) is 13.1. The van der Waals surface area contributed by atoms with Crippen molar-refractivity contribution in [2.45, 2.75) is 45.2 Å². The van der Waals surface area contributed by atoms with E-state index in [0.29, 0.717) is 17.6 Å². The quantitative estimate of drug-likeness (QED) is 0.793. The number of hydrogen-bond donors (Lipinski definition) is 0. The molecule has 1 aromatic heterocycles. The molecule has 1 saturated heterocycles. The van der Waals surface area contributed by atoms with Crippen LogP contribution in [0.15, 0.2) is 30.3 Å². The van der Waals surface area contributed by atoms with E-state index in [9.17, 15) is 4.79 Å². The number of pyridine rings is 1. The summed E-state index contributed by atoms with van der Waals surface area (Å²) in [7, 11) is 0. The lowest BCUT2D eigenvalue weighted by Gasteiger charge is -2.30. The van der Waals surface area contributed by atoms with Crippen LogP contribution in [0.25, 0.3) is 10.9 Å². The molecule has 1 aromatic carbocycles. The van der Waals surface area contributed by atoms with E-state index in [0.717, 1.165) is 29.4 Å². The SMILES string of the molecule is CCC1CCC(C)N1c1nc2ccccc2cc1C=O. The summed E-state index contributed by atoms with van der Waals surface area (Å²) >= 11 is 0. The van der Waals surface area contributed by atoms with Gasteiger partial charge in [0.25, 0.3) is 0 Å². The smallest absolute Gasteiger partial charge is 0.153 e. The number of benzene rings is 1. The van der Waals surface area contributed by atoms with Gasteiger partial charge in [0.1, 0.15) is 5.82 Å². The second-order valence-electron chi connectivity index (χ2n) is 5.61. The minimum absolute atomic E-state index is 0.451. The maximum Gasteiger partial charge on any atom is 0.153 e. The van der Waals surface area contributed by atoms with Gasteiger partial charge in [-0.15, -0.1) is 0 Å². The summed E-state index contributed by atoms with van der Waals surface area (Å²) < 4.78 is 0. The number of rotatable bonds is 3. The summed E-state index contributed by atoms with van der Waals surface area (Å²) in [5, 5.41) is 1.03. The zero-order valence-corrected chi connectivity index (χ0v) is 12.0. The molecule has 0 spiro atoms. The van der Waals surface area contributed by atoms with Gasteiger partial charge in [-0.3, -0.25) is 4.79 Å². The van der Waals surface area contributed by atoms with Crippen molar-refractivity contribution in [3.63, 3.8) is 0 Å². The number of carbonyl (C=O) groups is 1. The Morgan fingerprint density at radius 2 is 2.15 bits per heavy atom. The number of aldehydes is 1. The predicted molar refractivity (Wildman–Crippen MR) is 82.4 cm³/mol. The van der Waals surface area contributed by atoms with Gasteiger partial charge in [0.05, 0.1) is 11.1 Å². The Hall–Kier alpha value is -1.90. The lowest BCUT2D eigenvalue weighted by Crippen LogP contribution is -2.35. The molecule has 0 radical (unpaired) electrons. The number of aromatic nitrogens is 1. The van der Waals surface area contributed by atoms with Gasteiger partial charge in [0.2, 0.25) is 0 Å². The van der Waals surface area contributed by atoms with Crippen LogP contribution >= 0.6 is 0 Å². The summed E-state index contributed by atoms with van der Waals surface area (Å²) in [5.41, 5.74) is 1.66. The van der Waals surface area contributed by atoms with Crippen LogP contribution in [0.2, 0.25) is 0 Å². The predicted octanol–water partition coefficient (Wildman–Crippen LogP) is 3.81. The molecule has 0 aliphatic carbocycles. The molecule has 3 heteroatoms. The monoisotopic (exact) mass is 268 g/mol. The fourth-order valence-corrected chi connectivity index (χ4v) is 3.27. The molecule has 2 heterocycles. The summed E-state index contributed by atoms with van der Waals surface area (Å²) in [5.74, 6) is 0.857.